The molecule has 2 rings (SSSR count). The van der Waals surface area contributed by atoms with Crippen LogP contribution < -0.4 is 5.73 Å². The van der Waals surface area contributed by atoms with E-state index in [1.807, 2.05) is 0 Å². The molecule has 4 atom stereocenters. The van der Waals surface area contributed by atoms with E-state index in [1.54, 1.807) is 0 Å². The molecule has 1 fully saturated rings. The molecular weight excluding hydrogens is 206 g/mol. The van der Waals surface area contributed by atoms with Gasteiger partial charge in [0.15, 0.2) is 0 Å². The molecule has 0 saturated heterocycles. The fraction of sp³-hybridized carbons (Fsp3) is 0.750. The third-order valence-electron chi connectivity index (χ3n) is 3.64. The Bertz CT molecular complexity index is 290. The number of carbonyl (C=O) groups is 1. The van der Waals surface area contributed by atoms with E-state index in [-0.39, 0.29) is 0 Å². The highest BCUT2D eigenvalue weighted by Gasteiger charge is 2.35. The largest absolute Gasteiger partial charge is 0.480 e. The second kappa shape index (κ2) is 4.97. The van der Waals surface area contributed by atoms with Crippen molar-refractivity contribution in [3.63, 3.8) is 0 Å². The summed E-state index contributed by atoms with van der Waals surface area (Å²) in [4.78, 5) is 10.5. The van der Waals surface area contributed by atoms with E-state index in [0.29, 0.717) is 24.9 Å². The quantitative estimate of drug-likeness (QED) is 0.523. The van der Waals surface area contributed by atoms with Crippen molar-refractivity contribution in [2.24, 2.45) is 23.5 Å². The normalized spacial score (nSPS) is 33.2. The van der Waals surface area contributed by atoms with E-state index in [1.165, 1.54) is 12.8 Å². The van der Waals surface area contributed by atoms with Gasteiger partial charge >= 0.3 is 5.97 Å². The lowest BCUT2D eigenvalue weighted by atomic mass is 9.95. The van der Waals surface area contributed by atoms with Gasteiger partial charge in [0.05, 0.1) is 0 Å². The Labute approximate surface area is 95.5 Å². The number of carboxylic acid groups (broad SMARTS) is 1. The van der Waals surface area contributed by atoms with Crippen LogP contribution in [0, 0.1) is 17.8 Å². The summed E-state index contributed by atoms with van der Waals surface area (Å²) >= 11 is 0. The first kappa shape index (κ1) is 11.6. The van der Waals surface area contributed by atoms with Gasteiger partial charge in [-0.3, -0.25) is 4.79 Å². The topological polar surface area (TPSA) is 72.5 Å². The standard InChI is InChI=1S/C12H19NO3/c13-11(12(14)15)3-4-16-7-10-6-8-1-2-9(10)5-8/h1-2,8-11H,3-7,13H2,(H,14,15). The maximum atomic E-state index is 10.5. The Kier molecular flexibility index (Phi) is 3.61. The Morgan fingerprint density at radius 3 is 2.88 bits per heavy atom. The van der Waals surface area contributed by atoms with Gasteiger partial charge in [-0.15, -0.1) is 0 Å². The minimum atomic E-state index is -0.952. The number of hydrogen-bond acceptors (Lipinski definition) is 3. The molecule has 0 aromatic carbocycles. The zero-order valence-electron chi connectivity index (χ0n) is 9.34. The van der Waals surface area contributed by atoms with Gasteiger partial charge in [-0.25, -0.2) is 0 Å². The van der Waals surface area contributed by atoms with E-state index < -0.39 is 12.0 Å². The van der Waals surface area contributed by atoms with Crippen molar-refractivity contribution >= 4 is 5.97 Å². The third-order valence-corrected chi connectivity index (χ3v) is 3.64. The summed E-state index contributed by atoms with van der Waals surface area (Å²) in [5.41, 5.74) is 5.38. The Morgan fingerprint density at radius 2 is 2.31 bits per heavy atom. The van der Waals surface area contributed by atoms with Gasteiger partial charge in [0.2, 0.25) is 0 Å². The lowest BCUT2D eigenvalue weighted by Crippen LogP contribution is -2.31. The van der Waals surface area contributed by atoms with Crippen molar-refractivity contribution in [2.45, 2.75) is 25.3 Å². The molecule has 2 aliphatic rings. The number of ether oxygens (including phenoxy) is 1. The summed E-state index contributed by atoms with van der Waals surface area (Å²) in [6.07, 6.45) is 7.51. The molecule has 4 nitrogen and oxygen atoms in total. The first-order valence-electron chi connectivity index (χ1n) is 5.91. The molecule has 0 spiro atoms. The number of allylic oxidation sites excluding steroid dienone is 2. The zero-order valence-corrected chi connectivity index (χ0v) is 9.34. The first-order valence-corrected chi connectivity index (χ1v) is 5.91. The van der Waals surface area contributed by atoms with E-state index >= 15 is 0 Å². The van der Waals surface area contributed by atoms with E-state index in [2.05, 4.69) is 12.2 Å². The van der Waals surface area contributed by atoms with Crippen LogP contribution in [0.1, 0.15) is 19.3 Å². The molecule has 0 aromatic rings. The summed E-state index contributed by atoms with van der Waals surface area (Å²) in [5.74, 6) is 1.14. The Morgan fingerprint density at radius 1 is 1.50 bits per heavy atom. The number of rotatable bonds is 6. The number of fused-ring (bicyclic) bond motifs is 2. The second-order valence-corrected chi connectivity index (χ2v) is 4.85. The molecule has 0 aromatic heterocycles. The molecule has 4 unspecified atom stereocenters. The van der Waals surface area contributed by atoms with Gasteiger partial charge in [0.25, 0.3) is 0 Å². The predicted octanol–water partition coefficient (Wildman–Crippen LogP) is 1.02. The lowest BCUT2D eigenvalue weighted by Gasteiger charge is -2.18. The van der Waals surface area contributed by atoms with E-state index in [9.17, 15) is 4.79 Å². The van der Waals surface area contributed by atoms with Crippen LogP contribution in [-0.2, 0) is 9.53 Å². The molecule has 0 aliphatic heterocycles. The number of carboxylic acids is 1. The SMILES string of the molecule is NC(CCOCC1CC2C=CC1C2)C(=O)O. The molecule has 2 bridgehead atoms. The van der Waals surface area contributed by atoms with Crippen molar-refractivity contribution in [3.8, 4) is 0 Å². The Balaban J connectivity index is 1.59. The van der Waals surface area contributed by atoms with Crippen molar-refractivity contribution in [2.75, 3.05) is 13.2 Å². The van der Waals surface area contributed by atoms with Crippen molar-refractivity contribution in [1.29, 1.82) is 0 Å². The zero-order chi connectivity index (χ0) is 11.5. The molecule has 0 heterocycles. The van der Waals surface area contributed by atoms with Gasteiger partial charge in [-0.2, -0.15) is 0 Å². The molecule has 2 aliphatic carbocycles. The van der Waals surface area contributed by atoms with E-state index in [4.69, 9.17) is 15.6 Å². The van der Waals surface area contributed by atoms with Crippen molar-refractivity contribution in [1.82, 2.24) is 0 Å². The maximum Gasteiger partial charge on any atom is 0.320 e. The highest BCUT2D eigenvalue weighted by molar-refractivity contribution is 5.72. The molecule has 0 radical (unpaired) electrons. The minimum Gasteiger partial charge on any atom is -0.480 e. The highest BCUT2D eigenvalue weighted by Crippen LogP contribution is 2.43. The van der Waals surface area contributed by atoms with Gasteiger partial charge in [0.1, 0.15) is 6.04 Å². The predicted molar refractivity (Wildman–Crippen MR) is 59.9 cm³/mol. The van der Waals surface area contributed by atoms with Gasteiger partial charge < -0.3 is 15.6 Å². The molecule has 1 saturated carbocycles. The van der Waals surface area contributed by atoms with Crippen LogP contribution in [0.5, 0.6) is 0 Å². The molecule has 90 valence electrons. The van der Waals surface area contributed by atoms with Crippen LogP contribution in [0.4, 0.5) is 0 Å². The van der Waals surface area contributed by atoms with Crippen molar-refractivity contribution in [3.05, 3.63) is 12.2 Å². The summed E-state index contributed by atoms with van der Waals surface area (Å²) < 4.78 is 5.51. The number of hydrogen-bond donors (Lipinski definition) is 2. The smallest absolute Gasteiger partial charge is 0.320 e. The molecular formula is C12H19NO3. The Hall–Kier alpha value is -0.870. The van der Waals surface area contributed by atoms with E-state index in [0.717, 1.165) is 12.5 Å². The van der Waals surface area contributed by atoms with Gasteiger partial charge in [-0.1, -0.05) is 12.2 Å². The molecule has 3 N–H and O–H groups in total. The highest BCUT2D eigenvalue weighted by atomic mass is 16.5. The molecule has 16 heavy (non-hydrogen) atoms. The van der Waals surface area contributed by atoms with Crippen LogP contribution in [0.15, 0.2) is 12.2 Å². The fourth-order valence-corrected chi connectivity index (χ4v) is 2.65. The van der Waals surface area contributed by atoms with Crippen LogP contribution in [-0.4, -0.2) is 30.3 Å². The van der Waals surface area contributed by atoms with Crippen molar-refractivity contribution < 1.29 is 14.6 Å². The summed E-state index contributed by atoms with van der Waals surface area (Å²) in [6.45, 7) is 1.20. The average Bonchev–Trinajstić information content (AvgIpc) is 2.85. The van der Waals surface area contributed by atoms with Crippen LogP contribution in [0.3, 0.4) is 0 Å². The van der Waals surface area contributed by atoms with Crippen LogP contribution in [0.25, 0.3) is 0 Å². The third kappa shape index (κ3) is 2.62. The number of nitrogens with two attached hydrogens (primary N) is 1. The lowest BCUT2D eigenvalue weighted by molar-refractivity contribution is -0.139. The maximum absolute atomic E-state index is 10.5. The summed E-state index contributed by atoms with van der Waals surface area (Å²) in [7, 11) is 0. The second-order valence-electron chi connectivity index (χ2n) is 4.85. The first-order chi connectivity index (χ1) is 7.66. The van der Waals surface area contributed by atoms with Crippen LogP contribution in [0.2, 0.25) is 0 Å². The van der Waals surface area contributed by atoms with Gasteiger partial charge in [0, 0.05) is 13.2 Å². The average molecular weight is 225 g/mol. The summed E-state index contributed by atoms with van der Waals surface area (Å²) in [6, 6.07) is -0.792. The molecule has 4 heteroatoms. The number of aliphatic carboxylic acids is 1. The fourth-order valence-electron chi connectivity index (χ4n) is 2.65. The minimum absolute atomic E-state index is 0.395. The molecule has 0 amide bonds. The van der Waals surface area contributed by atoms with Crippen LogP contribution >= 0.6 is 0 Å². The summed E-state index contributed by atoms with van der Waals surface area (Å²) in [5, 5.41) is 8.59. The van der Waals surface area contributed by atoms with Gasteiger partial charge in [-0.05, 0) is 37.0 Å². The monoisotopic (exact) mass is 225 g/mol.